The number of fused-ring (bicyclic) bond motifs is 2. The molecule has 2 unspecified atom stereocenters. The molecule has 2 N–H and O–H groups in total. The van der Waals surface area contributed by atoms with E-state index in [0.717, 1.165) is 38.8 Å². The third-order valence-electron chi connectivity index (χ3n) is 6.49. The Morgan fingerprint density at radius 2 is 2.10 bits per heavy atom. The van der Waals surface area contributed by atoms with Gasteiger partial charge in [-0.25, -0.2) is 9.18 Å². The van der Waals surface area contributed by atoms with Gasteiger partial charge >= 0.3 is 7.40 Å². The number of methoxy groups -OCH3 is 1. The fourth-order valence-corrected chi connectivity index (χ4v) is 4.95. The van der Waals surface area contributed by atoms with Crippen LogP contribution in [0.3, 0.4) is 0 Å². The summed E-state index contributed by atoms with van der Waals surface area (Å²) in [5, 5.41) is 13.0. The van der Waals surface area contributed by atoms with Crippen LogP contribution in [0.1, 0.15) is 43.5 Å². The molecule has 1 aromatic heterocycles. The predicted molar refractivity (Wildman–Crippen MR) is 108 cm³/mol. The quantitative estimate of drug-likeness (QED) is 0.670. The molecule has 3 fully saturated rings. The number of pyridine rings is 1. The zero-order valence-electron chi connectivity index (χ0n) is 17.7. The van der Waals surface area contributed by atoms with E-state index < -0.39 is 17.2 Å². The van der Waals surface area contributed by atoms with Gasteiger partial charge in [-0.2, -0.15) is 0 Å². The van der Waals surface area contributed by atoms with Gasteiger partial charge in [0.1, 0.15) is 11.3 Å². The van der Waals surface area contributed by atoms with Crippen LogP contribution in [0.5, 0.6) is 5.75 Å². The Balaban J connectivity index is 0.00000136. The van der Waals surface area contributed by atoms with Crippen LogP contribution in [0.4, 0.5) is 10.1 Å². The molecule has 5 rings (SSSR count). The summed E-state index contributed by atoms with van der Waals surface area (Å²) in [7, 11) is 1.48. The van der Waals surface area contributed by atoms with Crippen molar-refractivity contribution < 1.29 is 32.9 Å². The Kier molecular flexibility index (Phi) is 5.40. The molecule has 2 saturated heterocycles. The Bertz CT molecular complexity index is 1060. The van der Waals surface area contributed by atoms with Gasteiger partial charge in [-0.1, -0.05) is 0 Å². The lowest BCUT2D eigenvalue weighted by molar-refractivity contribution is -0.0000223. The zero-order valence-corrected chi connectivity index (χ0v) is 17.4. The molecular formula is C21H25ClFN3O4. The summed E-state index contributed by atoms with van der Waals surface area (Å²) in [5.41, 5.74) is -0.155. The maximum Gasteiger partial charge on any atom is 1.00 e. The summed E-state index contributed by atoms with van der Waals surface area (Å²) in [6.07, 6.45) is 5.40. The first-order valence-corrected chi connectivity index (χ1v) is 10.2. The van der Waals surface area contributed by atoms with Crippen molar-refractivity contribution in [3.8, 4) is 5.75 Å². The van der Waals surface area contributed by atoms with Crippen LogP contribution in [0.25, 0.3) is 10.9 Å². The molecule has 1 aliphatic carbocycles. The van der Waals surface area contributed by atoms with E-state index >= 15 is 4.39 Å². The minimum atomic E-state index is -1.30. The van der Waals surface area contributed by atoms with Crippen molar-refractivity contribution in [2.45, 2.75) is 37.8 Å². The standard InChI is InChI=1S/C21H24FN3O4.ClH/c1-29-20-17-13(19(26)14(21(27)28)9-25(17)12-4-5-12)7-15(22)18(20)24-8-11-3-2-6-23-16(11)10-24;/h7,9,11-12,16,23H,2-6,8,10H2,1H3,(H,27,28);1H. The number of carbonyl (C=O) groups is 1. The summed E-state index contributed by atoms with van der Waals surface area (Å²) in [5.74, 6) is -1.07. The maximum atomic E-state index is 15.3. The number of ether oxygens (including phenoxy) is 1. The monoisotopic (exact) mass is 437 g/mol. The lowest BCUT2D eigenvalue weighted by Gasteiger charge is -2.25. The highest BCUT2D eigenvalue weighted by atomic mass is 35.5. The molecule has 2 atom stereocenters. The Hall–Kier alpha value is -2.32. The zero-order chi connectivity index (χ0) is 20.3. The van der Waals surface area contributed by atoms with Gasteiger partial charge in [-0.05, 0) is 44.2 Å². The van der Waals surface area contributed by atoms with Gasteiger partial charge in [0.05, 0.1) is 18.0 Å². The number of hydrogen-bond donors (Lipinski definition) is 2. The van der Waals surface area contributed by atoms with E-state index in [2.05, 4.69) is 5.32 Å². The summed E-state index contributed by atoms with van der Waals surface area (Å²) in [4.78, 5) is 26.4. The number of aromatic carboxylic acids is 1. The van der Waals surface area contributed by atoms with Crippen LogP contribution in [0, 0.1) is 11.7 Å². The molecule has 2 aliphatic heterocycles. The normalized spacial score (nSPS) is 23.2. The van der Waals surface area contributed by atoms with E-state index in [0.29, 0.717) is 35.5 Å². The van der Waals surface area contributed by atoms with Crippen LogP contribution in [0.15, 0.2) is 17.1 Å². The van der Waals surface area contributed by atoms with E-state index in [9.17, 15) is 14.7 Å². The molecular weight excluding hydrogens is 413 g/mol. The lowest BCUT2D eigenvalue weighted by Crippen LogP contribution is -3.00. The average Bonchev–Trinajstić information content (AvgIpc) is 3.45. The SMILES string of the molecule is COc1c(N2CC3CCCNC3C2)c(F)cc2c(=O)c(C(=O)O)cn(C3CC3)c12.[Cl-].[H+]. The second kappa shape index (κ2) is 7.74. The summed E-state index contributed by atoms with van der Waals surface area (Å²) in [6, 6.07) is 1.62. The summed E-state index contributed by atoms with van der Waals surface area (Å²) >= 11 is 0. The van der Waals surface area contributed by atoms with Gasteiger partial charge in [0, 0.05) is 31.4 Å². The first-order valence-electron chi connectivity index (χ1n) is 10.2. The molecule has 3 aliphatic rings. The number of hydrogen-bond acceptors (Lipinski definition) is 5. The van der Waals surface area contributed by atoms with Crippen LogP contribution < -0.4 is 32.8 Å². The average molecular weight is 438 g/mol. The minimum Gasteiger partial charge on any atom is -1.00 e. The first kappa shape index (κ1) is 20.9. The minimum absolute atomic E-state index is 0. The third kappa shape index (κ3) is 3.22. The number of carboxylic acids is 1. The number of halogens is 2. The number of anilines is 1. The van der Waals surface area contributed by atoms with Crippen molar-refractivity contribution in [3.05, 3.63) is 33.9 Å². The molecule has 0 spiro atoms. The van der Waals surface area contributed by atoms with Crippen molar-refractivity contribution in [1.82, 2.24) is 9.88 Å². The largest absolute Gasteiger partial charge is 1.00 e. The highest BCUT2D eigenvalue weighted by molar-refractivity contribution is 5.97. The van der Waals surface area contributed by atoms with Crippen molar-refractivity contribution in [1.29, 1.82) is 0 Å². The van der Waals surface area contributed by atoms with E-state index in [1.54, 1.807) is 4.57 Å². The number of rotatable bonds is 4. The molecule has 9 heteroatoms. The van der Waals surface area contributed by atoms with Crippen molar-refractivity contribution in [2.75, 3.05) is 31.6 Å². The van der Waals surface area contributed by atoms with Crippen LogP contribution >= 0.6 is 0 Å². The number of nitrogens with one attached hydrogen (secondary N) is 1. The Labute approximate surface area is 180 Å². The van der Waals surface area contributed by atoms with Crippen molar-refractivity contribution in [2.24, 2.45) is 5.92 Å². The molecule has 162 valence electrons. The van der Waals surface area contributed by atoms with Gasteiger partial charge < -0.3 is 37.0 Å². The van der Waals surface area contributed by atoms with E-state index in [1.807, 2.05) is 4.90 Å². The van der Waals surface area contributed by atoms with Gasteiger partial charge in [-0.3, -0.25) is 4.79 Å². The summed E-state index contributed by atoms with van der Waals surface area (Å²) in [6.45, 7) is 2.40. The fourth-order valence-electron chi connectivity index (χ4n) is 4.95. The molecule has 0 radical (unpaired) electrons. The molecule has 3 heterocycles. The van der Waals surface area contributed by atoms with Gasteiger partial charge in [0.15, 0.2) is 11.6 Å². The van der Waals surface area contributed by atoms with E-state index in [1.165, 1.54) is 19.4 Å². The topological polar surface area (TPSA) is 83.8 Å². The number of carboxylic acid groups (broad SMARTS) is 1. The molecule has 1 aromatic carbocycles. The van der Waals surface area contributed by atoms with Crippen molar-refractivity contribution in [3.63, 3.8) is 0 Å². The molecule has 2 aromatic rings. The van der Waals surface area contributed by atoms with Crippen LogP contribution in [-0.2, 0) is 0 Å². The highest BCUT2D eigenvalue weighted by Crippen LogP contribution is 2.45. The second-order valence-corrected chi connectivity index (χ2v) is 8.32. The van der Waals surface area contributed by atoms with Crippen molar-refractivity contribution >= 4 is 22.6 Å². The predicted octanol–water partition coefficient (Wildman–Crippen LogP) is -0.513. The number of nitrogens with zero attached hydrogens (tertiary/aromatic N) is 2. The lowest BCUT2D eigenvalue weighted by atomic mass is 9.94. The maximum absolute atomic E-state index is 15.3. The van der Waals surface area contributed by atoms with Gasteiger partial charge in [-0.15, -0.1) is 0 Å². The highest BCUT2D eigenvalue weighted by Gasteiger charge is 2.38. The molecule has 0 amide bonds. The van der Waals surface area contributed by atoms with E-state index in [4.69, 9.17) is 4.74 Å². The molecule has 30 heavy (non-hydrogen) atoms. The van der Waals surface area contributed by atoms with E-state index in [-0.39, 0.29) is 30.8 Å². The molecule has 7 nitrogen and oxygen atoms in total. The van der Waals surface area contributed by atoms with Crippen LogP contribution in [-0.4, -0.2) is 48.4 Å². The smallest absolute Gasteiger partial charge is 1.00 e. The second-order valence-electron chi connectivity index (χ2n) is 8.32. The fraction of sp³-hybridized carbons (Fsp3) is 0.524. The molecule has 1 saturated carbocycles. The van der Waals surface area contributed by atoms with Crippen LogP contribution in [0.2, 0.25) is 0 Å². The number of benzene rings is 1. The number of piperidine rings is 1. The number of aromatic nitrogens is 1. The van der Waals surface area contributed by atoms with Gasteiger partial charge in [0.2, 0.25) is 5.43 Å². The third-order valence-corrected chi connectivity index (χ3v) is 6.49. The Morgan fingerprint density at radius 1 is 1.33 bits per heavy atom. The van der Waals surface area contributed by atoms with Gasteiger partial charge in [0.25, 0.3) is 0 Å². The molecule has 0 bridgehead atoms. The summed E-state index contributed by atoms with van der Waals surface area (Å²) < 4.78 is 22.8. The first-order chi connectivity index (χ1) is 14.0. The Morgan fingerprint density at radius 3 is 2.73 bits per heavy atom.